The lowest BCUT2D eigenvalue weighted by atomic mass is 10.0. The number of hydrogen-bond donors (Lipinski definition) is 1. The predicted octanol–water partition coefficient (Wildman–Crippen LogP) is 4.76. The Morgan fingerprint density at radius 3 is 2.22 bits per heavy atom. The second kappa shape index (κ2) is 5.17. The average Bonchev–Trinajstić information content (AvgIpc) is 2.34. The normalized spacial score (nSPS) is 10.9. The van der Waals surface area contributed by atoms with E-state index < -0.39 is 0 Å². The van der Waals surface area contributed by atoms with Crippen LogP contribution in [-0.4, -0.2) is 4.98 Å². The fourth-order valence-corrected chi connectivity index (χ4v) is 2.18. The number of nitrogen functional groups attached to an aromatic ring is 1. The van der Waals surface area contributed by atoms with Crippen LogP contribution in [-0.2, 0) is 0 Å². The van der Waals surface area contributed by atoms with Crippen molar-refractivity contribution in [1.82, 2.24) is 4.98 Å². The molecule has 2 aromatic rings. The van der Waals surface area contributed by atoms with Crippen LogP contribution in [0.15, 0.2) is 30.3 Å². The first-order valence-electron chi connectivity index (χ1n) is 5.71. The molecule has 0 saturated heterocycles. The van der Waals surface area contributed by atoms with E-state index in [0.29, 0.717) is 27.5 Å². The maximum absolute atomic E-state index is 6.14. The number of nitrogens with zero attached hydrogens (tertiary/aromatic N) is 1. The average molecular weight is 281 g/mol. The van der Waals surface area contributed by atoms with Gasteiger partial charge in [0.25, 0.3) is 0 Å². The van der Waals surface area contributed by atoms with Crippen LogP contribution in [0.25, 0.3) is 11.3 Å². The molecular formula is C14H14Cl2N2. The third-order valence-electron chi connectivity index (χ3n) is 2.81. The summed E-state index contributed by atoms with van der Waals surface area (Å²) in [5.74, 6) is 0.793. The minimum Gasteiger partial charge on any atom is -0.382 e. The molecule has 0 radical (unpaired) electrons. The zero-order chi connectivity index (χ0) is 13.3. The van der Waals surface area contributed by atoms with Gasteiger partial charge in [-0.15, -0.1) is 0 Å². The smallest absolute Gasteiger partial charge is 0.143 e. The van der Waals surface area contributed by atoms with Crippen LogP contribution in [0, 0.1) is 0 Å². The van der Waals surface area contributed by atoms with Crippen molar-refractivity contribution in [1.29, 1.82) is 0 Å². The maximum atomic E-state index is 6.14. The minimum atomic E-state index is 0.295. The molecule has 1 aromatic heterocycles. The van der Waals surface area contributed by atoms with Crippen molar-refractivity contribution < 1.29 is 0 Å². The van der Waals surface area contributed by atoms with Crippen molar-refractivity contribution in [2.45, 2.75) is 19.8 Å². The van der Waals surface area contributed by atoms with Crippen LogP contribution >= 0.6 is 23.2 Å². The van der Waals surface area contributed by atoms with Crippen LogP contribution in [0.5, 0.6) is 0 Å². The number of halogens is 2. The lowest BCUT2D eigenvalue weighted by Gasteiger charge is -2.09. The molecule has 1 aromatic carbocycles. The molecule has 0 fully saturated rings. The standard InChI is InChI=1S/C14H14Cl2N2/c1-8(2)9-3-5-10(6-4-9)13-11(15)7-12(16)14(17)18-13/h3-8H,1-2H3,(H2,17,18). The topological polar surface area (TPSA) is 38.9 Å². The molecule has 1 heterocycles. The largest absolute Gasteiger partial charge is 0.382 e. The number of aromatic nitrogens is 1. The van der Waals surface area contributed by atoms with E-state index in [9.17, 15) is 0 Å². The number of anilines is 1. The summed E-state index contributed by atoms with van der Waals surface area (Å²) in [7, 11) is 0. The summed E-state index contributed by atoms with van der Waals surface area (Å²) in [5, 5.41) is 0.883. The molecule has 0 spiro atoms. The van der Waals surface area contributed by atoms with Crippen molar-refractivity contribution >= 4 is 29.0 Å². The second-order valence-electron chi connectivity index (χ2n) is 4.46. The van der Waals surface area contributed by atoms with Crippen molar-refractivity contribution in [2.24, 2.45) is 0 Å². The van der Waals surface area contributed by atoms with E-state index in [4.69, 9.17) is 28.9 Å². The monoisotopic (exact) mass is 280 g/mol. The molecule has 0 saturated carbocycles. The molecule has 4 heteroatoms. The molecule has 0 atom stereocenters. The zero-order valence-corrected chi connectivity index (χ0v) is 11.8. The SMILES string of the molecule is CC(C)c1ccc(-c2nc(N)c(Cl)cc2Cl)cc1. The zero-order valence-electron chi connectivity index (χ0n) is 10.2. The van der Waals surface area contributed by atoms with E-state index in [1.165, 1.54) is 5.56 Å². The Labute approximate surface area is 117 Å². The van der Waals surface area contributed by atoms with Gasteiger partial charge in [0.05, 0.1) is 15.7 Å². The Kier molecular flexibility index (Phi) is 3.79. The van der Waals surface area contributed by atoms with Gasteiger partial charge in [0.1, 0.15) is 5.82 Å². The highest BCUT2D eigenvalue weighted by molar-refractivity contribution is 6.37. The summed E-state index contributed by atoms with van der Waals surface area (Å²) in [6, 6.07) is 9.76. The van der Waals surface area contributed by atoms with Gasteiger partial charge in [0.15, 0.2) is 0 Å². The number of nitrogens with two attached hydrogens (primary N) is 1. The van der Waals surface area contributed by atoms with Crippen LogP contribution in [0.3, 0.4) is 0 Å². The van der Waals surface area contributed by atoms with Crippen LogP contribution in [0.2, 0.25) is 10.0 Å². The van der Waals surface area contributed by atoms with E-state index >= 15 is 0 Å². The molecule has 18 heavy (non-hydrogen) atoms. The van der Waals surface area contributed by atoms with Gasteiger partial charge in [0.2, 0.25) is 0 Å². The Bertz CT molecular complexity index is 563. The fraction of sp³-hybridized carbons (Fsp3) is 0.214. The molecule has 2 rings (SSSR count). The number of hydrogen-bond acceptors (Lipinski definition) is 2. The highest BCUT2D eigenvalue weighted by Crippen LogP contribution is 2.31. The van der Waals surface area contributed by atoms with Gasteiger partial charge >= 0.3 is 0 Å². The highest BCUT2D eigenvalue weighted by atomic mass is 35.5. The quantitative estimate of drug-likeness (QED) is 0.861. The summed E-state index contributed by atoms with van der Waals surface area (Å²) in [5.41, 5.74) is 8.58. The van der Waals surface area contributed by atoms with E-state index in [1.807, 2.05) is 12.1 Å². The van der Waals surface area contributed by atoms with Gasteiger partial charge in [-0.1, -0.05) is 61.3 Å². The molecule has 2 nitrogen and oxygen atoms in total. The maximum Gasteiger partial charge on any atom is 0.143 e. The molecule has 0 aliphatic rings. The molecule has 0 bridgehead atoms. The molecule has 94 valence electrons. The first-order valence-corrected chi connectivity index (χ1v) is 6.46. The van der Waals surface area contributed by atoms with Crippen LogP contribution < -0.4 is 5.73 Å². The Morgan fingerprint density at radius 2 is 1.67 bits per heavy atom. The molecular weight excluding hydrogens is 267 g/mol. The van der Waals surface area contributed by atoms with Crippen LogP contribution in [0.4, 0.5) is 5.82 Å². The fourth-order valence-electron chi connectivity index (χ4n) is 1.71. The van der Waals surface area contributed by atoms with Crippen molar-refractivity contribution in [3.05, 3.63) is 45.9 Å². The van der Waals surface area contributed by atoms with Gasteiger partial charge in [-0.3, -0.25) is 0 Å². The first kappa shape index (κ1) is 13.2. The number of rotatable bonds is 2. The van der Waals surface area contributed by atoms with E-state index in [0.717, 1.165) is 5.56 Å². The Morgan fingerprint density at radius 1 is 1.06 bits per heavy atom. The summed E-state index contributed by atoms with van der Waals surface area (Å²) >= 11 is 12.0. The molecule has 0 amide bonds. The summed E-state index contributed by atoms with van der Waals surface area (Å²) in [6.07, 6.45) is 0. The lowest BCUT2D eigenvalue weighted by Crippen LogP contribution is -1.95. The second-order valence-corrected chi connectivity index (χ2v) is 5.28. The summed E-state index contributed by atoms with van der Waals surface area (Å²) < 4.78 is 0. The van der Waals surface area contributed by atoms with Crippen LogP contribution in [0.1, 0.15) is 25.3 Å². The highest BCUT2D eigenvalue weighted by Gasteiger charge is 2.09. The third kappa shape index (κ3) is 2.60. The van der Waals surface area contributed by atoms with Crippen molar-refractivity contribution in [2.75, 3.05) is 5.73 Å². The number of pyridine rings is 1. The minimum absolute atomic E-state index is 0.295. The van der Waals surface area contributed by atoms with Crippen molar-refractivity contribution in [3.63, 3.8) is 0 Å². The third-order valence-corrected chi connectivity index (χ3v) is 3.40. The van der Waals surface area contributed by atoms with Crippen molar-refractivity contribution in [3.8, 4) is 11.3 Å². The molecule has 0 aliphatic carbocycles. The lowest BCUT2D eigenvalue weighted by molar-refractivity contribution is 0.867. The van der Waals surface area contributed by atoms with Gasteiger partial charge in [-0.2, -0.15) is 0 Å². The summed E-state index contributed by atoms with van der Waals surface area (Å²) in [4.78, 5) is 4.23. The summed E-state index contributed by atoms with van der Waals surface area (Å²) in [6.45, 7) is 4.31. The predicted molar refractivity (Wildman–Crippen MR) is 78.2 cm³/mol. The van der Waals surface area contributed by atoms with E-state index in [-0.39, 0.29) is 0 Å². The van der Waals surface area contributed by atoms with Gasteiger partial charge in [0, 0.05) is 5.56 Å². The molecule has 0 aliphatic heterocycles. The van der Waals surface area contributed by atoms with Gasteiger partial charge < -0.3 is 5.73 Å². The number of benzene rings is 1. The Balaban J connectivity index is 2.46. The van der Waals surface area contributed by atoms with Gasteiger partial charge in [-0.25, -0.2) is 4.98 Å². The van der Waals surface area contributed by atoms with E-state index in [1.54, 1.807) is 6.07 Å². The molecule has 0 unspecified atom stereocenters. The Hall–Kier alpha value is -1.25. The first-order chi connectivity index (χ1) is 8.49. The molecule has 2 N–H and O–H groups in total. The van der Waals surface area contributed by atoms with E-state index in [2.05, 4.69) is 31.0 Å². The van der Waals surface area contributed by atoms with Gasteiger partial charge in [-0.05, 0) is 17.5 Å².